The minimum Gasteiger partial charge on any atom is -0.294 e. The van der Waals surface area contributed by atoms with Crippen LogP contribution in [0.3, 0.4) is 0 Å². The summed E-state index contributed by atoms with van der Waals surface area (Å²) in [6.45, 7) is 2.66. The van der Waals surface area contributed by atoms with Crippen molar-refractivity contribution in [2.45, 2.75) is 44.1 Å². The van der Waals surface area contributed by atoms with Crippen LogP contribution in [-0.2, 0) is 5.54 Å². The van der Waals surface area contributed by atoms with Crippen LogP contribution in [0, 0.1) is 11.8 Å². The van der Waals surface area contributed by atoms with E-state index < -0.39 is 0 Å². The summed E-state index contributed by atoms with van der Waals surface area (Å²) in [6.07, 6.45) is 8.63. The van der Waals surface area contributed by atoms with Gasteiger partial charge in [-0.2, -0.15) is 0 Å². The first kappa shape index (κ1) is 11.0. The van der Waals surface area contributed by atoms with Crippen molar-refractivity contribution in [3.05, 3.63) is 35.9 Å². The molecule has 18 heavy (non-hydrogen) atoms. The summed E-state index contributed by atoms with van der Waals surface area (Å²) < 4.78 is 0. The molecule has 1 aromatic carbocycles. The number of hydrogen-bond donors (Lipinski definition) is 0. The number of nitrogens with zero attached hydrogens (tertiary/aromatic N) is 1. The van der Waals surface area contributed by atoms with Crippen LogP contribution in [-0.4, -0.2) is 18.0 Å². The molecule has 2 saturated carbocycles. The van der Waals surface area contributed by atoms with Crippen molar-refractivity contribution in [2.24, 2.45) is 11.8 Å². The second-order valence-electron chi connectivity index (χ2n) is 6.61. The van der Waals surface area contributed by atoms with E-state index in [4.69, 9.17) is 0 Å². The van der Waals surface area contributed by atoms with Gasteiger partial charge in [0, 0.05) is 5.54 Å². The molecule has 0 radical (unpaired) electrons. The van der Waals surface area contributed by atoms with Gasteiger partial charge in [-0.25, -0.2) is 0 Å². The lowest BCUT2D eigenvalue weighted by Crippen LogP contribution is -2.47. The predicted octanol–water partition coefficient (Wildman–Crippen LogP) is 3.80. The summed E-state index contributed by atoms with van der Waals surface area (Å²) >= 11 is 0. The van der Waals surface area contributed by atoms with E-state index in [1.165, 1.54) is 51.6 Å². The average Bonchev–Trinajstić information content (AvgIpc) is 3.08. The molecule has 1 heteroatoms. The number of hydrogen-bond acceptors (Lipinski definition) is 1. The van der Waals surface area contributed by atoms with Crippen molar-refractivity contribution >= 4 is 0 Å². The fraction of sp³-hybridized carbons (Fsp3) is 0.647. The SMILES string of the molecule is c1ccc(C2(N3CCCCC3)C[C@H]3C[C@H]3C2)cc1. The van der Waals surface area contributed by atoms with E-state index in [0.717, 1.165) is 11.8 Å². The van der Waals surface area contributed by atoms with Gasteiger partial charge in [-0.1, -0.05) is 36.8 Å². The third-order valence-corrected chi connectivity index (χ3v) is 5.54. The molecular weight excluding hydrogens is 218 g/mol. The first-order chi connectivity index (χ1) is 8.88. The Balaban J connectivity index is 1.69. The van der Waals surface area contributed by atoms with Gasteiger partial charge in [0.15, 0.2) is 0 Å². The Morgan fingerprint density at radius 2 is 1.56 bits per heavy atom. The molecular formula is C17H23N. The number of rotatable bonds is 2. The molecule has 2 aliphatic carbocycles. The van der Waals surface area contributed by atoms with Gasteiger partial charge < -0.3 is 0 Å². The highest BCUT2D eigenvalue weighted by Gasteiger charge is 2.56. The van der Waals surface area contributed by atoms with Gasteiger partial charge in [0.2, 0.25) is 0 Å². The standard InChI is InChI=1S/C17H23N/c1-3-7-16(8-4-1)17(12-14-11-15(14)13-17)18-9-5-2-6-10-18/h1,3-4,7-8,14-15H,2,5-6,9-13H2/t14-,15+,17?. The Morgan fingerprint density at radius 1 is 0.889 bits per heavy atom. The van der Waals surface area contributed by atoms with Crippen LogP contribution >= 0.6 is 0 Å². The highest BCUT2D eigenvalue weighted by molar-refractivity contribution is 5.29. The van der Waals surface area contributed by atoms with Crippen LogP contribution in [0.25, 0.3) is 0 Å². The third-order valence-electron chi connectivity index (χ3n) is 5.54. The molecule has 0 amide bonds. The van der Waals surface area contributed by atoms with Crippen LogP contribution in [0.2, 0.25) is 0 Å². The summed E-state index contributed by atoms with van der Waals surface area (Å²) in [5.74, 6) is 2.10. The van der Waals surface area contributed by atoms with Crippen LogP contribution in [0.5, 0.6) is 0 Å². The van der Waals surface area contributed by atoms with E-state index in [2.05, 4.69) is 35.2 Å². The molecule has 1 aromatic rings. The summed E-state index contributed by atoms with van der Waals surface area (Å²) in [7, 11) is 0. The molecule has 0 bridgehead atoms. The van der Waals surface area contributed by atoms with E-state index in [1.807, 2.05) is 0 Å². The summed E-state index contributed by atoms with van der Waals surface area (Å²) in [5.41, 5.74) is 2.01. The largest absolute Gasteiger partial charge is 0.294 e. The maximum atomic E-state index is 2.83. The van der Waals surface area contributed by atoms with E-state index in [-0.39, 0.29) is 0 Å². The van der Waals surface area contributed by atoms with Gasteiger partial charge in [-0.05, 0) is 62.6 Å². The zero-order chi connectivity index (χ0) is 12.0. The monoisotopic (exact) mass is 241 g/mol. The zero-order valence-electron chi connectivity index (χ0n) is 11.1. The fourth-order valence-electron chi connectivity index (χ4n) is 4.51. The zero-order valence-corrected chi connectivity index (χ0v) is 11.1. The van der Waals surface area contributed by atoms with E-state index in [9.17, 15) is 0 Å². The van der Waals surface area contributed by atoms with E-state index in [0.29, 0.717) is 5.54 Å². The van der Waals surface area contributed by atoms with Crippen LogP contribution < -0.4 is 0 Å². The molecule has 96 valence electrons. The lowest BCUT2D eigenvalue weighted by molar-refractivity contribution is 0.0576. The molecule has 1 heterocycles. The molecule has 3 aliphatic rings. The van der Waals surface area contributed by atoms with Crippen molar-refractivity contribution in [3.63, 3.8) is 0 Å². The molecule has 0 aromatic heterocycles. The molecule has 3 atom stereocenters. The van der Waals surface area contributed by atoms with Crippen molar-refractivity contribution in [1.29, 1.82) is 0 Å². The third kappa shape index (κ3) is 1.64. The normalized spacial score (nSPS) is 39.6. The van der Waals surface area contributed by atoms with Gasteiger partial charge in [0.05, 0.1) is 0 Å². The van der Waals surface area contributed by atoms with Crippen LogP contribution in [0.15, 0.2) is 30.3 Å². The van der Waals surface area contributed by atoms with Crippen molar-refractivity contribution < 1.29 is 0 Å². The quantitative estimate of drug-likeness (QED) is 0.761. The van der Waals surface area contributed by atoms with Gasteiger partial charge in [0.25, 0.3) is 0 Å². The maximum absolute atomic E-state index is 2.83. The number of fused-ring (bicyclic) bond motifs is 1. The van der Waals surface area contributed by atoms with E-state index >= 15 is 0 Å². The molecule has 1 unspecified atom stereocenters. The lowest BCUT2D eigenvalue weighted by Gasteiger charge is -2.45. The predicted molar refractivity (Wildman–Crippen MR) is 74.4 cm³/mol. The van der Waals surface area contributed by atoms with Crippen molar-refractivity contribution in [3.8, 4) is 0 Å². The molecule has 0 N–H and O–H groups in total. The van der Waals surface area contributed by atoms with Gasteiger partial charge in [0.1, 0.15) is 0 Å². The van der Waals surface area contributed by atoms with Crippen LogP contribution in [0.1, 0.15) is 44.1 Å². The number of piperidine rings is 1. The maximum Gasteiger partial charge on any atom is 0.0466 e. The average molecular weight is 241 g/mol. The Bertz CT molecular complexity index is 408. The second kappa shape index (κ2) is 4.09. The Labute approximate surface area is 110 Å². The topological polar surface area (TPSA) is 3.24 Å². The van der Waals surface area contributed by atoms with Gasteiger partial charge in [-0.3, -0.25) is 4.90 Å². The van der Waals surface area contributed by atoms with Gasteiger partial charge >= 0.3 is 0 Å². The molecule has 1 aliphatic heterocycles. The Kier molecular flexibility index (Phi) is 2.51. The first-order valence-corrected chi connectivity index (χ1v) is 7.69. The van der Waals surface area contributed by atoms with Crippen LogP contribution in [0.4, 0.5) is 0 Å². The molecule has 4 rings (SSSR count). The summed E-state index contributed by atoms with van der Waals surface area (Å²) in [6, 6.07) is 11.4. The minimum absolute atomic E-state index is 0.412. The lowest BCUT2D eigenvalue weighted by atomic mass is 9.82. The fourth-order valence-corrected chi connectivity index (χ4v) is 4.51. The van der Waals surface area contributed by atoms with E-state index in [1.54, 1.807) is 5.56 Å². The second-order valence-corrected chi connectivity index (χ2v) is 6.61. The first-order valence-electron chi connectivity index (χ1n) is 7.69. The molecule has 0 spiro atoms. The number of benzene rings is 1. The van der Waals surface area contributed by atoms with Crippen molar-refractivity contribution in [2.75, 3.05) is 13.1 Å². The minimum atomic E-state index is 0.412. The highest BCUT2D eigenvalue weighted by Crippen LogP contribution is 2.61. The molecule has 3 fully saturated rings. The highest BCUT2D eigenvalue weighted by atomic mass is 15.2. The number of likely N-dealkylation sites (tertiary alicyclic amines) is 1. The Morgan fingerprint density at radius 3 is 2.22 bits per heavy atom. The summed E-state index contributed by atoms with van der Waals surface area (Å²) in [5, 5.41) is 0. The molecule has 1 saturated heterocycles. The Hall–Kier alpha value is -0.820. The van der Waals surface area contributed by atoms with Crippen molar-refractivity contribution in [1.82, 2.24) is 4.90 Å². The van der Waals surface area contributed by atoms with Gasteiger partial charge in [-0.15, -0.1) is 0 Å². The smallest absolute Gasteiger partial charge is 0.0466 e. The summed E-state index contributed by atoms with van der Waals surface area (Å²) in [4.78, 5) is 2.83. The molecule has 1 nitrogen and oxygen atoms in total.